The lowest BCUT2D eigenvalue weighted by Gasteiger charge is -2.45. The van der Waals surface area contributed by atoms with Crippen LogP contribution in [0.5, 0.6) is 0 Å². The minimum absolute atomic E-state index is 0.155. The summed E-state index contributed by atoms with van der Waals surface area (Å²) >= 11 is 12.4. The van der Waals surface area contributed by atoms with E-state index in [1.807, 2.05) is 25.1 Å². The van der Waals surface area contributed by atoms with Crippen molar-refractivity contribution in [2.45, 2.75) is 69.6 Å². The van der Waals surface area contributed by atoms with E-state index in [9.17, 15) is 23.1 Å². The van der Waals surface area contributed by atoms with Crippen molar-refractivity contribution in [2.24, 2.45) is 17.3 Å². The second-order valence-corrected chi connectivity index (χ2v) is 14.3. The summed E-state index contributed by atoms with van der Waals surface area (Å²) in [7, 11) is -3.46. The van der Waals surface area contributed by atoms with Gasteiger partial charge in [0.15, 0.2) is 9.84 Å². The van der Waals surface area contributed by atoms with E-state index in [0.29, 0.717) is 34.9 Å². The molecule has 9 heteroatoms. The molecule has 2 N–H and O–H groups in total. The van der Waals surface area contributed by atoms with Gasteiger partial charge < -0.3 is 10.4 Å². The Balaban J connectivity index is 1.71. The number of halogens is 2. The van der Waals surface area contributed by atoms with Crippen molar-refractivity contribution in [3.05, 3.63) is 69.7 Å². The third-order valence-electron chi connectivity index (χ3n) is 8.16. The first kappa shape index (κ1) is 28.9. The van der Waals surface area contributed by atoms with Gasteiger partial charge in [0.05, 0.1) is 22.8 Å². The van der Waals surface area contributed by atoms with Crippen molar-refractivity contribution in [2.75, 3.05) is 5.75 Å². The molecule has 1 saturated carbocycles. The van der Waals surface area contributed by atoms with E-state index in [4.69, 9.17) is 23.2 Å². The lowest BCUT2D eigenvalue weighted by molar-refractivity contribution is -0.147. The van der Waals surface area contributed by atoms with Crippen molar-refractivity contribution in [3.63, 3.8) is 0 Å². The standard InChI is InChI=1S/C29H35Cl2NO5S/c1-3-19(14-25(20-9-11-22(30)12-10-20)38(36,37)17-18-7-8-18)27-24(21-5-4-6-23(31)13-21)15-29(2,16-26(33)34)28(35)32-27/h4-6,9-13,18-19,24-25,27H,3,7-8,14-17H2,1-2H3,(H,32,35)(H,33,34)/t19?,24-,25+,27+,29+/m1/s1. The number of aliphatic carboxylic acids is 1. The normalized spacial score (nSPS) is 25.4. The summed E-state index contributed by atoms with van der Waals surface area (Å²) in [6.07, 6.45) is 2.88. The fraction of sp³-hybridized carbons (Fsp3) is 0.517. The first-order valence-corrected chi connectivity index (χ1v) is 15.6. The van der Waals surface area contributed by atoms with E-state index in [1.54, 1.807) is 37.3 Å². The molecular formula is C29H35Cl2NO5S. The average Bonchev–Trinajstić information content (AvgIpc) is 3.65. The molecule has 5 atom stereocenters. The molecule has 1 aliphatic heterocycles. The Labute approximate surface area is 235 Å². The quantitative estimate of drug-likeness (QED) is 0.319. The minimum Gasteiger partial charge on any atom is -0.481 e. The van der Waals surface area contributed by atoms with Crippen LogP contribution in [0.1, 0.15) is 74.7 Å². The van der Waals surface area contributed by atoms with Gasteiger partial charge >= 0.3 is 5.97 Å². The van der Waals surface area contributed by atoms with Gasteiger partial charge in [0, 0.05) is 22.0 Å². The third-order valence-corrected chi connectivity index (χ3v) is 10.9. The van der Waals surface area contributed by atoms with E-state index in [2.05, 4.69) is 5.32 Å². The zero-order valence-electron chi connectivity index (χ0n) is 21.7. The van der Waals surface area contributed by atoms with E-state index < -0.39 is 26.5 Å². The van der Waals surface area contributed by atoms with Crippen LogP contribution in [-0.2, 0) is 19.4 Å². The summed E-state index contributed by atoms with van der Waals surface area (Å²) in [5.74, 6) is -1.38. The van der Waals surface area contributed by atoms with Crippen LogP contribution in [0.3, 0.4) is 0 Å². The molecule has 0 radical (unpaired) electrons. The van der Waals surface area contributed by atoms with Crippen molar-refractivity contribution >= 4 is 44.9 Å². The molecule has 1 aliphatic carbocycles. The summed E-state index contributed by atoms with van der Waals surface area (Å²) in [6, 6.07) is 14.0. The Kier molecular flexibility index (Phi) is 8.80. The average molecular weight is 581 g/mol. The highest BCUT2D eigenvalue weighted by Gasteiger charge is 2.48. The highest BCUT2D eigenvalue weighted by atomic mass is 35.5. The van der Waals surface area contributed by atoms with Crippen LogP contribution >= 0.6 is 23.2 Å². The number of benzene rings is 2. The Morgan fingerprint density at radius 3 is 2.39 bits per heavy atom. The predicted molar refractivity (Wildman–Crippen MR) is 150 cm³/mol. The van der Waals surface area contributed by atoms with Gasteiger partial charge in [0.25, 0.3) is 0 Å². The van der Waals surface area contributed by atoms with Crippen LogP contribution in [0, 0.1) is 17.3 Å². The molecule has 0 spiro atoms. The number of carboxylic acids is 1. The van der Waals surface area contributed by atoms with E-state index >= 15 is 0 Å². The number of nitrogens with one attached hydrogen (secondary N) is 1. The largest absolute Gasteiger partial charge is 0.481 e. The molecule has 0 aromatic heterocycles. The summed E-state index contributed by atoms with van der Waals surface area (Å²) in [5, 5.41) is 13.0. The molecule has 6 nitrogen and oxygen atoms in total. The summed E-state index contributed by atoms with van der Waals surface area (Å²) in [5.41, 5.74) is 0.508. The van der Waals surface area contributed by atoms with Crippen molar-refractivity contribution in [1.82, 2.24) is 5.32 Å². The first-order chi connectivity index (χ1) is 17.9. The summed E-state index contributed by atoms with van der Waals surface area (Å²) < 4.78 is 27.4. The van der Waals surface area contributed by atoms with Crippen molar-refractivity contribution in [3.8, 4) is 0 Å². The van der Waals surface area contributed by atoms with Gasteiger partial charge in [-0.2, -0.15) is 0 Å². The smallest absolute Gasteiger partial charge is 0.304 e. The number of rotatable bonds is 11. The number of hydrogen-bond donors (Lipinski definition) is 2. The van der Waals surface area contributed by atoms with Crippen molar-refractivity contribution < 1.29 is 23.1 Å². The number of carboxylic acid groups (broad SMARTS) is 1. The van der Waals surface area contributed by atoms with Crippen LogP contribution < -0.4 is 5.32 Å². The van der Waals surface area contributed by atoms with Crippen LogP contribution in [-0.4, -0.2) is 37.2 Å². The summed E-state index contributed by atoms with van der Waals surface area (Å²) in [6.45, 7) is 3.69. The van der Waals surface area contributed by atoms with Gasteiger partial charge in [-0.05, 0) is 72.9 Å². The molecule has 2 aromatic rings. The Morgan fingerprint density at radius 1 is 1.13 bits per heavy atom. The molecule has 1 amide bonds. The number of amides is 1. The molecule has 2 fully saturated rings. The van der Waals surface area contributed by atoms with E-state index in [1.165, 1.54) is 0 Å². The highest BCUT2D eigenvalue weighted by molar-refractivity contribution is 7.91. The lowest BCUT2D eigenvalue weighted by Crippen LogP contribution is -2.56. The molecular weight excluding hydrogens is 545 g/mol. The maximum atomic E-state index is 13.7. The Morgan fingerprint density at radius 2 is 1.82 bits per heavy atom. The van der Waals surface area contributed by atoms with Gasteiger partial charge in [-0.3, -0.25) is 9.59 Å². The fourth-order valence-corrected chi connectivity index (χ4v) is 8.52. The predicted octanol–water partition coefficient (Wildman–Crippen LogP) is 6.43. The maximum Gasteiger partial charge on any atom is 0.304 e. The molecule has 2 aliphatic rings. The zero-order valence-corrected chi connectivity index (χ0v) is 24.0. The van der Waals surface area contributed by atoms with Crippen LogP contribution in [0.4, 0.5) is 0 Å². The zero-order chi connectivity index (χ0) is 27.7. The first-order valence-electron chi connectivity index (χ1n) is 13.2. The molecule has 1 saturated heterocycles. The Bertz CT molecular complexity index is 1280. The number of carbonyl (C=O) groups excluding carboxylic acids is 1. The third kappa shape index (κ3) is 6.72. The second-order valence-electron chi connectivity index (χ2n) is 11.2. The minimum atomic E-state index is -3.46. The molecule has 4 rings (SSSR count). The molecule has 1 unspecified atom stereocenters. The SMILES string of the molecule is CCC(C[C@@H](c1ccc(Cl)cc1)S(=O)(=O)CC1CC1)[C@@H]1NC(=O)[C@](C)(CC(=O)O)C[C@@H]1c1cccc(Cl)c1. The van der Waals surface area contributed by atoms with Crippen LogP contribution in [0.15, 0.2) is 48.5 Å². The molecule has 2 aromatic carbocycles. The molecule has 0 bridgehead atoms. The monoisotopic (exact) mass is 579 g/mol. The van der Waals surface area contributed by atoms with Gasteiger partial charge in [-0.1, -0.05) is 67.7 Å². The number of piperidine rings is 1. The highest BCUT2D eigenvalue weighted by Crippen LogP contribution is 2.46. The van der Waals surface area contributed by atoms with Gasteiger partial charge in [-0.25, -0.2) is 8.42 Å². The van der Waals surface area contributed by atoms with Crippen LogP contribution in [0.25, 0.3) is 0 Å². The molecule has 38 heavy (non-hydrogen) atoms. The lowest BCUT2D eigenvalue weighted by atomic mass is 9.66. The second kappa shape index (κ2) is 11.6. The van der Waals surface area contributed by atoms with Gasteiger partial charge in [0.1, 0.15) is 0 Å². The molecule has 206 valence electrons. The van der Waals surface area contributed by atoms with E-state index in [0.717, 1.165) is 18.4 Å². The fourth-order valence-electron chi connectivity index (χ4n) is 5.87. The number of sulfone groups is 1. The topological polar surface area (TPSA) is 101 Å². The van der Waals surface area contributed by atoms with Gasteiger partial charge in [0.2, 0.25) is 5.91 Å². The van der Waals surface area contributed by atoms with E-state index in [-0.39, 0.29) is 41.9 Å². The van der Waals surface area contributed by atoms with Gasteiger partial charge in [-0.15, -0.1) is 0 Å². The maximum absolute atomic E-state index is 13.7. The number of carbonyl (C=O) groups is 2. The summed E-state index contributed by atoms with van der Waals surface area (Å²) in [4.78, 5) is 25.0. The Hall–Kier alpha value is -2.09. The van der Waals surface area contributed by atoms with Crippen molar-refractivity contribution in [1.29, 1.82) is 0 Å². The molecule has 1 heterocycles. The number of hydrogen-bond acceptors (Lipinski definition) is 4. The van der Waals surface area contributed by atoms with Crippen LogP contribution in [0.2, 0.25) is 10.0 Å².